The van der Waals surface area contributed by atoms with Crippen molar-refractivity contribution in [3.05, 3.63) is 53.6 Å². The van der Waals surface area contributed by atoms with E-state index >= 15 is 0 Å². The van der Waals surface area contributed by atoms with Gasteiger partial charge in [-0.2, -0.15) is 0 Å². The zero-order valence-electron chi connectivity index (χ0n) is 29.2. The van der Waals surface area contributed by atoms with E-state index in [-0.39, 0.29) is 30.1 Å². The molecular weight excluding hydrogens is 740 g/mol. The Kier molecular flexibility index (Phi) is 14.3. The van der Waals surface area contributed by atoms with Crippen molar-refractivity contribution in [2.45, 2.75) is 105 Å². The van der Waals surface area contributed by atoms with E-state index < -0.39 is 123 Å². The normalized spacial score (nSPS) is 36.9. The van der Waals surface area contributed by atoms with Crippen molar-refractivity contribution < 1.29 is 99.2 Å². The van der Waals surface area contributed by atoms with Crippen molar-refractivity contribution in [1.29, 1.82) is 0 Å². The lowest BCUT2D eigenvalue weighted by atomic mass is 9.96. The van der Waals surface area contributed by atoms with E-state index in [0.29, 0.717) is 5.56 Å². The molecule has 0 radical (unpaired) electrons. The molecule has 12 N–H and O–H groups in total. The number of benzene rings is 2. The molecule has 3 aliphatic rings. The monoisotopic (exact) mass is 786 g/mol. The molecule has 55 heavy (non-hydrogen) atoms. The predicted molar refractivity (Wildman–Crippen MR) is 180 cm³/mol. The number of rotatable bonds is 13. The molecule has 2 aromatic carbocycles. The van der Waals surface area contributed by atoms with Gasteiger partial charge in [0.1, 0.15) is 61.0 Å². The molecule has 15 unspecified atom stereocenters. The summed E-state index contributed by atoms with van der Waals surface area (Å²) in [7, 11) is 0. The molecule has 20 nitrogen and oxygen atoms in total. The van der Waals surface area contributed by atoms with Crippen molar-refractivity contribution in [2.75, 3.05) is 19.8 Å². The lowest BCUT2D eigenvalue weighted by Gasteiger charge is -2.48. The highest BCUT2D eigenvalue weighted by Crippen LogP contribution is 2.35. The molecule has 0 saturated carbocycles. The van der Waals surface area contributed by atoms with Gasteiger partial charge < -0.3 is 94.4 Å². The standard InChI is InChI=1S/C35H46O20/c1-14-24(43)27(46)32(55-34-28(47)26(45)25(44)21(12-36)51-34)35(50-14)54-31-29(48)33(49-9-8-16-3-6-18(39)20(41)11-16)52-22(13-37)30(31)53-23(42)7-4-15-2-5-17(38)19(40)10-15/h2-7,10-11,14,21-22,24-41,43-48H,8-9,12-13H2,1H3/b7-4+. The third-order valence-electron chi connectivity index (χ3n) is 9.39. The summed E-state index contributed by atoms with van der Waals surface area (Å²) in [6.07, 6.45) is -23.1. The average Bonchev–Trinajstić information content (AvgIpc) is 3.16. The summed E-state index contributed by atoms with van der Waals surface area (Å²) in [6, 6.07) is 7.79. The molecule has 15 atom stereocenters. The second kappa shape index (κ2) is 18.5. The summed E-state index contributed by atoms with van der Waals surface area (Å²) in [5, 5.41) is 123. The minimum absolute atomic E-state index is 0.133. The van der Waals surface area contributed by atoms with Crippen LogP contribution in [0.15, 0.2) is 42.5 Å². The number of hydrogen-bond donors (Lipinski definition) is 12. The Morgan fingerprint density at radius 3 is 1.95 bits per heavy atom. The summed E-state index contributed by atoms with van der Waals surface area (Å²) in [4.78, 5) is 13.1. The predicted octanol–water partition coefficient (Wildman–Crippen LogP) is -3.19. The molecule has 2 aromatic rings. The van der Waals surface area contributed by atoms with E-state index in [1.54, 1.807) is 0 Å². The molecule has 0 aromatic heterocycles. The molecule has 306 valence electrons. The number of carbonyl (C=O) groups is 1. The SMILES string of the molecule is CC1OC(OC2C(O)C(OCCc3ccc(O)c(O)c3)OC(CO)C2OC(=O)/C=C/c2ccc(O)c(O)c2)C(OC2OC(CO)C(O)C(O)C2O)C(O)C1O. The van der Waals surface area contributed by atoms with Gasteiger partial charge in [-0.1, -0.05) is 12.1 Å². The van der Waals surface area contributed by atoms with Crippen LogP contribution >= 0.6 is 0 Å². The highest BCUT2D eigenvalue weighted by molar-refractivity contribution is 5.87. The van der Waals surface area contributed by atoms with E-state index in [0.717, 1.165) is 12.1 Å². The largest absolute Gasteiger partial charge is 0.504 e. The van der Waals surface area contributed by atoms with Gasteiger partial charge in [0.2, 0.25) is 0 Å². The van der Waals surface area contributed by atoms with Crippen LogP contribution in [0.1, 0.15) is 18.1 Å². The Balaban J connectivity index is 1.41. The van der Waals surface area contributed by atoms with Crippen LogP contribution in [-0.2, 0) is 44.4 Å². The lowest BCUT2D eigenvalue weighted by Crippen LogP contribution is -2.66. The Morgan fingerprint density at radius 2 is 1.29 bits per heavy atom. The van der Waals surface area contributed by atoms with Gasteiger partial charge >= 0.3 is 5.97 Å². The Labute approximate surface area is 313 Å². The highest BCUT2D eigenvalue weighted by Gasteiger charge is 2.54. The zero-order valence-corrected chi connectivity index (χ0v) is 29.2. The van der Waals surface area contributed by atoms with Crippen molar-refractivity contribution in [3.8, 4) is 23.0 Å². The molecule has 0 bridgehead atoms. The summed E-state index contributed by atoms with van der Waals surface area (Å²) in [6.45, 7) is -0.439. The van der Waals surface area contributed by atoms with Gasteiger partial charge in [0.25, 0.3) is 0 Å². The number of aliphatic hydroxyl groups excluding tert-OH is 8. The van der Waals surface area contributed by atoms with Crippen LogP contribution in [0, 0.1) is 0 Å². The Hall–Kier alpha value is -3.71. The maximum absolute atomic E-state index is 13.1. The Bertz CT molecular complexity index is 1610. The van der Waals surface area contributed by atoms with Gasteiger partial charge in [0, 0.05) is 6.08 Å². The second-order valence-electron chi connectivity index (χ2n) is 13.2. The zero-order chi connectivity index (χ0) is 40.1. The summed E-state index contributed by atoms with van der Waals surface area (Å²) >= 11 is 0. The van der Waals surface area contributed by atoms with Gasteiger partial charge in [0.05, 0.1) is 25.9 Å². The van der Waals surface area contributed by atoms with Crippen molar-refractivity contribution in [3.63, 3.8) is 0 Å². The first kappa shape index (κ1) is 42.4. The summed E-state index contributed by atoms with van der Waals surface area (Å²) in [5.74, 6) is -2.65. The van der Waals surface area contributed by atoms with Gasteiger partial charge in [-0.25, -0.2) is 4.79 Å². The second-order valence-corrected chi connectivity index (χ2v) is 13.2. The van der Waals surface area contributed by atoms with E-state index in [1.165, 1.54) is 43.3 Å². The van der Waals surface area contributed by atoms with Crippen LogP contribution in [0.3, 0.4) is 0 Å². The molecule has 20 heteroatoms. The van der Waals surface area contributed by atoms with Crippen LogP contribution in [0.5, 0.6) is 23.0 Å². The quantitative estimate of drug-likeness (QED) is 0.0541. The van der Waals surface area contributed by atoms with Crippen LogP contribution < -0.4 is 0 Å². The van der Waals surface area contributed by atoms with Crippen molar-refractivity contribution in [1.82, 2.24) is 0 Å². The molecule has 0 spiro atoms. The molecule has 3 fully saturated rings. The van der Waals surface area contributed by atoms with Gasteiger partial charge in [-0.3, -0.25) is 0 Å². The molecule has 0 amide bonds. The number of aliphatic hydroxyl groups is 8. The van der Waals surface area contributed by atoms with Crippen LogP contribution in [0.4, 0.5) is 0 Å². The third-order valence-corrected chi connectivity index (χ3v) is 9.39. The summed E-state index contributed by atoms with van der Waals surface area (Å²) in [5.41, 5.74) is 0.803. The molecule has 5 rings (SSSR count). The number of phenols is 4. The average molecular weight is 787 g/mol. The number of aromatic hydroxyl groups is 4. The van der Waals surface area contributed by atoms with Gasteiger partial charge in [0.15, 0.2) is 48.0 Å². The first-order valence-electron chi connectivity index (χ1n) is 17.2. The van der Waals surface area contributed by atoms with E-state index in [9.17, 15) is 66.1 Å². The fraction of sp³-hybridized carbons (Fsp3) is 0.571. The third kappa shape index (κ3) is 9.82. The first-order valence-corrected chi connectivity index (χ1v) is 17.2. The lowest BCUT2D eigenvalue weighted by molar-refractivity contribution is -0.386. The van der Waals surface area contributed by atoms with E-state index in [2.05, 4.69) is 0 Å². The van der Waals surface area contributed by atoms with E-state index in [4.69, 9.17) is 33.2 Å². The molecule has 3 aliphatic heterocycles. The van der Waals surface area contributed by atoms with Gasteiger partial charge in [-0.15, -0.1) is 0 Å². The summed E-state index contributed by atoms with van der Waals surface area (Å²) < 4.78 is 40.2. The molecular formula is C35H46O20. The van der Waals surface area contributed by atoms with Crippen LogP contribution in [0.2, 0.25) is 0 Å². The minimum atomic E-state index is -1.95. The maximum Gasteiger partial charge on any atom is 0.331 e. The molecule has 3 saturated heterocycles. The topological polar surface area (TPSA) is 324 Å². The Morgan fingerprint density at radius 1 is 0.655 bits per heavy atom. The maximum atomic E-state index is 13.1. The van der Waals surface area contributed by atoms with Crippen LogP contribution in [0.25, 0.3) is 6.08 Å². The number of ether oxygens (including phenoxy) is 7. The molecule has 0 aliphatic carbocycles. The molecule has 3 heterocycles. The van der Waals surface area contributed by atoms with E-state index in [1.807, 2.05) is 0 Å². The van der Waals surface area contributed by atoms with Gasteiger partial charge in [-0.05, 0) is 54.8 Å². The minimum Gasteiger partial charge on any atom is -0.504 e. The fourth-order valence-electron chi connectivity index (χ4n) is 6.22. The smallest absolute Gasteiger partial charge is 0.331 e. The highest BCUT2D eigenvalue weighted by atomic mass is 16.8. The fourth-order valence-corrected chi connectivity index (χ4v) is 6.22. The van der Waals surface area contributed by atoms with Crippen molar-refractivity contribution >= 4 is 12.0 Å². The first-order chi connectivity index (χ1) is 26.1. The number of esters is 1. The van der Waals surface area contributed by atoms with Crippen LogP contribution in [-0.4, -0.2) is 179 Å². The van der Waals surface area contributed by atoms with Crippen molar-refractivity contribution in [2.24, 2.45) is 0 Å². The number of carbonyl (C=O) groups excluding carboxylic acids is 1. The number of phenolic OH excluding ortho intramolecular Hbond substituents is 4. The number of hydrogen-bond acceptors (Lipinski definition) is 20.